The molecule has 1 fully saturated rings. The molecule has 194 valence electrons. The van der Waals surface area contributed by atoms with Crippen LogP contribution in [0.15, 0.2) is 70.9 Å². The van der Waals surface area contributed by atoms with Crippen LogP contribution in [0.4, 0.5) is 0 Å². The van der Waals surface area contributed by atoms with Crippen molar-refractivity contribution in [2.75, 3.05) is 6.61 Å². The zero-order valence-electron chi connectivity index (χ0n) is 21.0. The summed E-state index contributed by atoms with van der Waals surface area (Å²) in [4.78, 5) is 24.3. The molecule has 9 heteroatoms. The van der Waals surface area contributed by atoms with Crippen molar-refractivity contribution in [2.45, 2.75) is 44.9 Å². The van der Waals surface area contributed by atoms with Crippen molar-refractivity contribution in [3.8, 4) is 5.75 Å². The van der Waals surface area contributed by atoms with Gasteiger partial charge >= 0.3 is 0 Å². The van der Waals surface area contributed by atoms with Gasteiger partial charge in [0.05, 0.1) is 6.61 Å². The Labute approximate surface area is 217 Å². The second-order valence-electron chi connectivity index (χ2n) is 8.58. The van der Waals surface area contributed by atoms with Gasteiger partial charge in [0, 0.05) is 12.2 Å². The zero-order chi connectivity index (χ0) is 26.5. The van der Waals surface area contributed by atoms with E-state index in [1.165, 1.54) is 49.8 Å². The fraction of sp³-hybridized carbons (Fsp3) is 0.286. The van der Waals surface area contributed by atoms with E-state index in [1.807, 2.05) is 49.4 Å². The standard InChI is InChI=1S/C28H34N6O3/c1-2-37-23-16-12-20(13-17-23)14-18-25(35)31-27(29)33-34-28(30)32-26(36)19-15-22-10-6-7-11-24(22)21-8-4-3-5-9-21/h6-7,10-19,21H,2-5,8-9H2,1H3,(H3,29,31,33,35)(H3,30,32,34,36). The van der Waals surface area contributed by atoms with Crippen LogP contribution in [0.25, 0.3) is 12.2 Å². The number of hydrogen-bond acceptors (Lipinski definition) is 5. The molecule has 0 aliphatic heterocycles. The van der Waals surface area contributed by atoms with Crippen LogP contribution in [0.2, 0.25) is 0 Å². The summed E-state index contributed by atoms with van der Waals surface area (Å²) in [5.41, 5.74) is 14.5. The third-order valence-electron chi connectivity index (χ3n) is 5.84. The molecule has 2 aromatic carbocycles. The minimum atomic E-state index is -0.493. The van der Waals surface area contributed by atoms with Gasteiger partial charge in [-0.05, 0) is 66.7 Å². The predicted molar refractivity (Wildman–Crippen MR) is 147 cm³/mol. The molecule has 37 heavy (non-hydrogen) atoms. The number of benzene rings is 2. The Kier molecular flexibility index (Phi) is 10.5. The minimum absolute atomic E-state index is 0.252. The molecule has 1 aliphatic carbocycles. The first-order chi connectivity index (χ1) is 17.9. The van der Waals surface area contributed by atoms with Crippen LogP contribution >= 0.6 is 0 Å². The summed E-state index contributed by atoms with van der Waals surface area (Å²) in [5, 5.41) is 12.1. The molecule has 0 saturated heterocycles. The number of ether oxygens (including phenoxy) is 1. The molecule has 0 unspecified atom stereocenters. The molecule has 0 atom stereocenters. The van der Waals surface area contributed by atoms with Crippen molar-refractivity contribution in [3.63, 3.8) is 0 Å². The fourth-order valence-electron chi connectivity index (χ4n) is 4.12. The number of nitrogens with zero attached hydrogens (tertiary/aromatic N) is 2. The van der Waals surface area contributed by atoms with Crippen molar-refractivity contribution in [1.82, 2.24) is 10.6 Å². The maximum atomic E-state index is 12.3. The number of guanidine groups is 2. The molecule has 0 heterocycles. The van der Waals surface area contributed by atoms with E-state index in [0.29, 0.717) is 12.5 Å². The first-order valence-corrected chi connectivity index (χ1v) is 12.4. The van der Waals surface area contributed by atoms with Crippen LogP contribution in [0.3, 0.4) is 0 Å². The number of amides is 2. The summed E-state index contributed by atoms with van der Waals surface area (Å²) >= 11 is 0. The SMILES string of the molecule is CCOc1ccc(C=CC(=O)NC(N)=NN=C(N)NC(=O)C=Cc2ccccc2C2CCCCC2)cc1. The maximum absolute atomic E-state index is 12.3. The summed E-state index contributed by atoms with van der Waals surface area (Å²) in [6.07, 6.45) is 12.2. The Balaban J connectivity index is 1.50. The van der Waals surface area contributed by atoms with Crippen LogP contribution in [0, 0.1) is 0 Å². The lowest BCUT2D eigenvalue weighted by Crippen LogP contribution is -2.37. The molecule has 9 nitrogen and oxygen atoms in total. The maximum Gasteiger partial charge on any atom is 0.250 e. The van der Waals surface area contributed by atoms with Gasteiger partial charge in [-0.15, -0.1) is 10.2 Å². The highest BCUT2D eigenvalue weighted by Gasteiger charge is 2.17. The molecule has 1 saturated carbocycles. The van der Waals surface area contributed by atoms with Gasteiger partial charge in [-0.25, -0.2) is 0 Å². The highest BCUT2D eigenvalue weighted by Crippen LogP contribution is 2.34. The van der Waals surface area contributed by atoms with Gasteiger partial charge in [-0.1, -0.05) is 55.7 Å². The predicted octanol–water partition coefficient (Wildman–Crippen LogP) is 3.64. The number of rotatable bonds is 8. The third-order valence-corrected chi connectivity index (χ3v) is 5.84. The summed E-state index contributed by atoms with van der Waals surface area (Å²) in [6, 6.07) is 15.4. The number of hydrogen-bond donors (Lipinski definition) is 4. The molecule has 1 aliphatic rings. The van der Waals surface area contributed by atoms with Crippen LogP contribution < -0.4 is 26.8 Å². The minimum Gasteiger partial charge on any atom is -0.494 e. The van der Waals surface area contributed by atoms with E-state index in [2.05, 4.69) is 26.9 Å². The van der Waals surface area contributed by atoms with E-state index in [0.717, 1.165) is 16.9 Å². The highest BCUT2D eigenvalue weighted by molar-refractivity contribution is 6.05. The summed E-state index contributed by atoms with van der Waals surface area (Å²) in [5.74, 6) is -0.188. The zero-order valence-corrected chi connectivity index (χ0v) is 21.0. The Bertz CT molecular complexity index is 1180. The average molecular weight is 503 g/mol. The monoisotopic (exact) mass is 502 g/mol. The topological polar surface area (TPSA) is 144 Å². The Morgan fingerprint density at radius 2 is 1.49 bits per heavy atom. The first-order valence-electron chi connectivity index (χ1n) is 12.4. The molecule has 2 aromatic rings. The largest absolute Gasteiger partial charge is 0.494 e. The van der Waals surface area contributed by atoms with Gasteiger partial charge in [-0.2, -0.15) is 0 Å². The van der Waals surface area contributed by atoms with E-state index < -0.39 is 11.8 Å². The van der Waals surface area contributed by atoms with E-state index >= 15 is 0 Å². The average Bonchev–Trinajstić information content (AvgIpc) is 2.91. The molecule has 0 radical (unpaired) electrons. The van der Waals surface area contributed by atoms with Crippen LogP contribution in [-0.4, -0.2) is 30.3 Å². The summed E-state index contributed by atoms with van der Waals surface area (Å²) < 4.78 is 5.38. The van der Waals surface area contributed by atoms with Gasteiger partial charge in [0.2, 0.25) is 11.9 Å². The lowest BCUT2D eigenvalue weighted by atomic mass is 9.82. The number of nitrogens with one attached hydrogen (secondary N) is 2. The van der Waals surface area contributed by atoms with Gasteiger partial charge in [-0.3, -0.25) is 20.2 Å². The van der Waals surface area contributed by atoms with Crippen molar-refractivity contribution >= 4 is 35.9 Å². The van der Waals surface area contributed by atoms with Crippen molar-refractivity contribution in [2.24, 2.45) is 21.7 Å². The molecule has 0 bridgehead atoms. The van der Waals surface area contributed by atoms with Crippen molar-refractivity contribution in [1.29, 1.82) is 0 Å². The summed E-state index contributed by atoms with van der Waals surface area (Å²) in [6.45, 7) is 2.49. The highest BCUT2D eigenvalue weighted by atomic mass is 16.5. The van der Waals surface area contributed by atoms with Gasteiger partial charge in [0.15, 0.2) is 0 Å². The molecular weight excluding hydrogens is 468 g/mol. The normalized spacial score (nSPS) is 15.2. The van der Waals surface area contributed by atoms with Gasteiger partial charge in [0.25, 0.3) is 11.8 Å². The number of nitrogens with two attached hydrogens (primary N) is 2. The summed E-state index contributed by atoms with van der Waals surface area (Å²) in [7, 11) is 0. The number of carbonyl (C=O) groups is 2. The van der Waals surface area contributed by atoms with E-state index in [1.54, 1.807) is 12.2 Å². The van der Waals surface area contributed by atoms with Crippen LogP contribution in [0.5, 0.6) is 5.75 Å². The quantitative estimate of drug-likeness (QED) is 0.189. The van der Waals surface area contributed by atoms with Crippen molar-refractivity contribution < 1.29 is 14.3 Å². The van der Waals surface area contributed by atoms with Gasteiger partial charge in [0.1, 0.15) is 5.75 Å². The molecule has 0 spiro atoms. The number of carbonyl (C=O) groups excluding carboxylic acids is 2. The molecule has 3 rings (SSSR count). The van der Waals surface area contributed by atoms with Crippen molar-refractivity contribution in [3.05, 3.63) is 77.4 Å². The second-order valence-corrected chi connectivity index (χ2v) is 8.58. The Morgan fingerprint density at radius 3 is 2.11 bits per heavy atom. The molecule has 6 N–H and O–H groups in total. The molecule has 2 amide bonds. The van der Waals surface area contributed by atoms with Gasteiger partial charge < -0.3 is 16.2 Å². The van der Waals surface area contributed by atoms with E-state index in [4.69, 9.17) is 16.2 Å². The van der Waals surface area contributed by atoms with E-state index in [9.17, 15) is 9.59 Å². The smallest absolute Gasteiger partial charge is 0.250 e. The Morgan fingerprint density at radius 1 is 0.892 bits per heavy atom. The fourth-order valence-corrected chi connectivity index (χ4v) is 4.12. The third kappa shape index (κ3) is 9.29. The molecule has 0 aromatic heterocycles. The lowest BCUT2D eigenvalue weighted by Gasteiger charge is -2.23. The van der Waals surface area contributed by atoms with Crippen LogP contribution in [0.1, 0.15) is 61.6 Å². The molecular formula is C28H34N6O3. The van der Waals surface area contributed by atoms with Crippen LogP contribution in [-0.2, 0) is 9.59 Å². The van der Waals surface area contributed by atoms with E-state index in [-0.39, 0.29) is 11.9 Å². The Hall–Kier alpha value is -4.40. The lowest BCUT2D eigenvalue weighted by molar-refractivity contribution is -0.116. The first kappa shape index (κ1) is 27.2. The second kappa shape index (κ2) is 14.2.